The van der Waals surface area contributed by atoms with Crippen LogP contribution in [0.1, 0.15) is 25.7 Å². The molecular weight excluding hydrogens is 474 g/mol. The van der Waals surface area contributed by atoms with Crippen LogP contribution in [0.2, 0.25) is 10.6 Å². The Morgan fingerprint density at radius 3 is 1.31 bits per heavy atom. The Hall–Kier alpha value is -0.841. The normalized spacial score (nSPS) is 13.2. The Morgan fingerprint density at radius 1 is 0.692 bits per heavy atom. The number of amides is 2. The number of Topliss-reactive ketones (excluding diaryl/α,β-unsaturated/α-hetero) is 2. The number of primary amides is 2. The Bertz CT molecular complexity index is 438. The van der Waals surface area contributed by atoms with Crippen molar-refractivity contribution < 1.29 is 19.2 Å². The van der Waals surface area contributed by atoms with Gasteiger partial charge >= 0.3 is 164 Å². The molecule has 0 aromatic carbocycles. The summed E-state index contributed by atoms with van der Waals surface area (Å²) in [6.45, 7) is 0.331. The number of nitrogens with two attached hydrogens (primary N) is 4. The van der Waals surface area contributed by atoms with Gasteiger partial charge in [-0.05, 0) is 0 Å². The Morgan fingerprint density at radius 2 is 1.04 bits per heavy atom. The summed E-state index contributed by atoms with van der Waals surface area (Å²) in [7, 11) is 0. The van der Waals surface area contributed by atoms with Gasteiger partial charge in [-0.2, -0.15) is 0 Å². The topological polar surface area (TPSA) is 196 Å². The molecule has 0 saturated heterocycles. The van der Waals surface area contributed by atoms with E-state index < -0.39 is 23.9 Å². The fourth-order valence-electron chi connectivity index (χ4n) is 1.89. The van der Waals surface area contributed by atoms with Crippen LogP contribution >= 0.6 is 0 Å². The average molecular weight is 502 g/mol. The zero-order valence-electron chi connectivity index (χ0n) is 14.6. The number of rotatable bonds is 17. The molecular formula is C14H28N6O4Se2. The third kappa shape index (κ3) is 12.5. The van der Waals surface area contributed by atoms with Gasteiger partial charge in [0.1, 0.15) is 0 Å². The van der Waals surface area contributed by atoms with Crippen molar-refractivity contribution in [1.82, 2.24) is 10.6 Å². The molecule has 0 spiro atoms. The molecule has 0 fully saturated rings. The van der Waals surface area contributed by atoms with Crippen molar-refractivity contribution in [2.75, 3.05) is 13.3 Å². The van der Waals surface area contributed by atoms with Crippen molar-refractivity contribution in [2.24, 2.45) is 22.9 Å². The summed E-state index contributed by atoms with van der Waals surface area (Å²) in [4.78, 5) is 45.8. The van der Waals surface area contributed by atoms with Gasteiger partial charge in [0.2, 0.25) is 0 Å². The molecule has 0 aromatic rings. The number of ketones is 2. The molecule has 0 aliphatic carbocycles. The molecule has 10 nitrogen and oxygen atoms in total. The van der Waals surface area contributed by atoms with Gasteiger partial charge in [0.05, 0.1) is 0 Å². The van der Waals surface area contributed by atoms with E-state index in [1.54, 1.807) is 0 Å². The number of hydrogen-bond donors (Lipinski definition) is 6. The molecule has 0 rings (SSSR count). The summed E-state index contributed by atoms with van der Waals surface area (Å²) in [5.41, 5.74) is 21.1. The predicted octanol–water partition coefficient (Wildman–Crippen LogP) is -3.44. The number of carbonyl (C=O) groups is 4. The van der Waals surface area contributed by atoms with Gasteiger partial charge in [0, 0.05) is 0 Å². The van der Waals surface area contributed by atoms with Crippen LogP contribution in [0, 0.1) is 0 Å². The Kier molecular flexibility index (Phi) is 14.7. The monoisotopic (exact) mass is 504 g/mol. The van der Waals surface area contributed by atoms with Crippen LogP contribution in [0.3, 0.4) is 0 Å². The van der Waals surface area contributed by atoms with Crippen molar-refractivity contribution in [2.45, 2.75) is 48.4 Å². The van der Waals surface area contributed by atoms with Gasteiger partial charge in [0.15, 0.2) is 0 Å². The van der Waals surface area contributed by atoms with Crippen LogP contribution in [0.25, 0.3) is 0 Å². The fraction of sp³-hybridized carbons (Fsp3) is 0.714. The van der Waals surface area contributed by atoms with Gasteiger partial charge in [0.25, 0.3) is 0 Å². The zero-order chi connectivity index (χ0) is 19.9. The molecule has 2 amide bonds. The van der Waals surface area contributed by atoms with Crippen LogP contribution < -0.4 is 33.6 Å². The Balaban J connectivity index is 4.35. The van der Waals surface area contributed by atoms with E-state index in [0.717, 1.165) is 0 Å². The first-order chi connectivity index (χ1) is 12.3. The third-order valence-corrected chi connectivity index (χ3v) is 10.4. The average Bonchev–Trinajstić information content (AvgIpc) is 2.59. The van der Waals surface area contributed by atoms with Crippen LogP contribution in [-0.2, 0) is 19.2 Å². The quantitative estimate of drug-likeness (QED) is 0.0671. The maximum absolute atomic E-state index is 12.1. The third-order valence-electron chi connectivity index (χ3n) is 3.29. The van der Waals surface area contributed by atoms with Crippen molar-refractivity contribution >= 4 is 49.6 Å². The molecule has 0 radical (unpaired) electrons. The van der Waals surface area contributed by atoms with E-state index in [4.69, 9.17) is 22.9 Å². The number of hydrogen-bond acceptors (Lipinski definition) is 8. The van der Waals surface area contributed by atoms with Crippen LogP contribution in [0.5, 0.6) is 0 Å². The first kappa shape index (κ1) is 25.2. The molecule has 0 unspecified atom stereocenters. The van der Waals surface area contributed by atoms with Crippen molar-refractivity contribution in [3.05, 3.63) is 0 Å². The first-order valence-corrected chi connectivity index (χ1v) is 14.8. The minimum absolute atomic E-state index is 0.0244. The molecule has 2 atom stereocenters. The molecule has 0 aromatic heterocycles. The van der Waals surface area contributed by atoms with Crippen molar-refractivity contribution in [3.8, 4) is 0 Å². The zero-order valence-corrected chi connectivity index (χ0v) is 18.0. The molecule has 0 bridgehead atoms. The van der Waals surface area contributed by atoms with Gasteiger partial charge in [-0.25, -0.2) is 0 Å². The van der Waals surface area contributed by atoms with E-state index in [1.165, 1.54) is 0 Å². The molecule has 0 heterocycles. The fourth-order valence-corrected chi connectivity index (χ4v) is 9.20. The molecule has 10 N–H and O–H groups in total. The standard InChI is InChI=1S/C14H28N6O4Se2/c15-7-19-9(11(21)1-3-13(17)23)5-25-26-6-10(20-8-16)12(22)2-4-14(18)24/h9-10,19-20H,1-8,15-16H2,(H2,17,23)(H2,18,24)/t9-,10-/m0/s1. The molecule has 0 aliphatic rings. The molecule has 150 valence electrons. The van der Waals surface area contributed by atoms with E-state index in [9.17, 15) is 19.2 Å². The molecule has 26 heavy (non-hydrogen) atoms. The number of nitrogens with one attached hydrogen (secondary N) is 2. The molecule has 0 saturated carbocycles. The van der Waals surface area contributed by atoms with Gasteiger partial charge in [-0.3, -0.25) is 0 Å². The van der Waals surface area contributed by atoms with Crippen molar-refractivity contribution in [3.63, 3.8) is 0 Å². The predicted molar refractivity (Wildman–Crippen MR) is 99.9 cm³/mol. The van der Waals surface area contributed by atoms with E-state index in [-0.39, 0.29) is 76.8 Å². The van der Waals surface area contributed by atoms with Crippen molar-refractivity contribution in [1.29, 1.82) is 0 Å². The summed E-state index contributed by atoms with van der Waals surface area (Å²) in [5.74, 6) is -1.18. The molecule has 12 heteroatoms. The summed E-state index contributed by atoms with van der Waals surface area (Å²) >= 11 is 0.307. The minimum atomic E-state index is -0.509. The van der Waals surface area contributed by atoms with Gasteiger partial charge in [-0.15, -0.1) is 0 Å². The van der Waals surface area contributed by atoms with E-state index in [0.29, 0.717) is 10.6 Å². The second-order valence-electron chi connectivity index (χ2n) is 5.36. The second kappa shape index (κ2) is 15.2. The SMILES string of the molecule is NCN[C@@H](C[Se][Se]C[C@H](NCN)C(=O)CCC(N)=O)C(=O)CCC(N)=O. The van der Waals surface area contributed by atoms with E-state index in [1.807, 2.05) is 0 Å². The summed E-state index contributed by atoms with van der Waals surface area (Å²) in [6, 6.07) is -0.791. The van der Waals surface area contributed by atoms with E-state index in [2.05, 4.69) is 10.6 Å². The second-order valence-corrected chi connectivity index (χ2v) is 12.9. The maximum atomic E-state index is 12.1. The van der Waals surface area contributed by atoms with Crippen LogP contribution in [-0.4, -0.2) is 75.1 Å². The molecule has 0 aliphatic heterocycles. The van der Waals surface area contributed by atoms with Crippen LogP contribution in [0.15, 0.2) is 0 Å². The summed E-state index contributed by atoms with van der Waals surface area (Å²) in [5, 5.41) is 7.11. The van der Waals surface area contributed by atoms with Crippen LogP contribution in [0.4, 0.5) is 0 Å². The number of carbonyl (C=O) groups excluding carboxylic acids is 4. The van der Waals surface area contributed by atoms with E-state index >= 15 is 0 Å². The van der Waals surface area contributed by atoms with Gasteiger partial charge < -0.3 is 0 Å². The summed E-state index contributed by atoms with van der Waals surface area (Å²) < 4.78 is 0. The van der Waals surface area contributed by atoms with Gasteiger partial charge in [-0.1, -0.05) is 0 Å². The first-order valence-electron chi connectivity index (χ1n) is 8.05. The Labute approximate surface area is 164 Å². The summed E-state index contributed by atoms with van der Waals surface area (Å²) in [6.07, 6.45) is 0.241.